The number of hydrazine groups is 1. The molecule has 0 aliphatic carbocycles. The number of rotatable bonds is 2. The standard InChI is InChI=1S/C3H9IN2/c1-3-6(2)5-4/h5H,3H2,1-2H3. The lowest BCUT2D eigenvalue weighted by atomic mass is 10.8. The SMILES string of the molecule is CCN(C)NI. The maximum atomic E-state index is 2.92. The molecule has 0 atom stereocenters. The van der Waals surface area contributed by atoms with Crippen molar-refractivity contribution in [3.8, 4) is 0 Å². The molecule has 0 aromatic rings. The molecule has 0 rings (SSSR count). The molecule has 0 spiro atoms. The molecule has 2 nitrogen and oxygen atoms in total. The van der Waals surface area contributed by atoms with Gasteiger partial charge in [0, 0.05) is 36.5 Å². The molecule has 3 heteroatoms. The summed E-state index contributed by atoms with van der Waals surface area (Å²) in [6.07, 6.45) is 0. The highest BCUT2D eigenvalue weighted by Crippen LogP contribution is 1.74. The summed E-state index contributed by atoms with van der Waals surface area (Å²) in [6, 6.07) is 0. The molecule has 0 aliphatic rings. The minimum Gasteiger partial charge on any atom is -0.239 e. The third-order valence-corrected chi connectivity index (χ3v) is 1.44. The van der Waals surface area contributed by atoms with Crippen LogP contribution in [-0.4, -0.2) is 18.6 Å². The second-order valence-corrected chi connectivity index (χ2v) is 1.58. The summed E-state index contributed by atoms with van der Waals surface area (Å²) in [5.41, 5.74) is 0. The van der Waals surface area contributed by atoms with Crippen LogP contribution >= 0.6 is 22.9 Å². The van der Waals surface area contributed by atoms with E-state index in [0.29, 0.717) is 0 Å². The van der Waals surface area contributed by atoms with Crippen LogP contribution in [0.15, 0.2) is 0 Å². The Morgan fingerprint density at radius 2 is 2.33 bits per heavy atom. The first-order valence-corrected chi connectivity index (χ1v) is 2.96. The van der Waals surface area contributed by atoms with Crippen molar-refractivity contribution in [2.45, 2.75) is 6.92 Å². The van der Waals surface area contributed by atoms with Crippen LogP contribution in [0.2, 0.25) is 0 Å². The largest absolute Gasteiger partial charge is 0.239 e. The highest BCUT2D eigenvalue weighted by atomic mass is 127. The van der Waals surface area contributed by atoms with Crippen LogP contribution in [0, 0.1) is 0 Å². The van der Waals surface area contributed by atoms with Crippen molar-refractivity contribution in [1.29, 1.82) is 0 Å². The number of nitrogens with zero attached hydrogens (tertiary/aromatic N) is 1. The van der Waals surface area contributed by atoms with E-state index >= 15 is 0 Å². The zero-order chi connectivity index (χ0) is 4.99. The van der Waals surface area contributed by atoms with E-state index in [-0.39, 0.29) is 0 Å². The second-order valence-electron chi connectivity index (χ2n) is 1.10. The molecule has 38 valence electrons. The van der Waals surface area contributed by atoms with Gasteiger partial charge in [-0.1, -0.05) is 6.92 Å². The van der Waals surface area contributed by atoms with E-state index < -0.39 is 0 Å². The van der Waals surface area contributed by atoms with Crippen molar-refractivity contribution in [3.63, 3.8) is 0 Å². The lowest BCUT2D eigenvalue weighted by molar-refractivity contribution is 0.343. The molecule has 0 aliphatic heterocycles. The van der Waals surface area contributed by atoms with Crippen LogP contribution in [0.5, 0.6) is 0 Å². The minimum absolute atomic E-state index is 1.04. The normalized spacial score (nSPS) is 10.0. The van der Waals surface area contributed by atoms with Crippen molar-refractivity contribution in [1.82, 2.24) is 8.65 Å². The van der Waals surface area contributed by atoms with Gasteiger partial charge in [-0.15, -0.1) is 0 Å². The van der Waals surface area contributed by atoms with Crippen LogP contribution < -0.4 is 3.64 Å². The lowest BCUT2D eigenvalue weighted by Gasteiger charge is -2.07. The third-order valence-electron chi connectivity index (χ3n) is 0.619. The molecule has 0 aromatic heterocycles. The Bertz CT molecular complexity index is 28.0. The molecule has 1 N–H and O–H groups in total. The van der Waals surface area contributed by atoms with Gasteiger partial charge >= 0.3 is 0 Å². The molecule has 0 fully saturated rings. The van der Waals surface area contributed by atoms with E-state index in [0.717, 1.165) is 6.54 Å². The molecular weight excluding hydrogens is 191 g/mol. The first-order chi connectivity index (χ1) is 2.81. The van der Waals surface area contributed by atoms with Crippen LogP contribution in [0.3, 0.4) is 0 Å². The van der Waals surface area contributed by atoms with Crippen LogP contribution in [0.25, 0.3) is 0 Å². The fraction of sp³-hybridized carbons (Fsp3) is 1.00. The van der Waals surface area contributed by atoms with Gasteiger partial charge in [0.15, 0.2) is 0 Å². The molecule has 6 heavy (non-hydrogen) atoms. The van der Waals surface area contributed by atoms with Gasteiger partial charge in [-0.2, -0.15) is 3.64 Å². The third kappa shape index (κ3) is 2.87. The Labute approximate surface area is 52.4 Å². The summed E-state index contributed by atoms with van der Waals surface area (Å²) in [6.45, 7) is 3.13. The summed E-state index contributed by atoms with van der Waals surface area (Å²) in [7, 11) is 1.99. The number of halogens is 1. The van der Waals surface area contributed by atoms with Gasteiger partial charge in [-0.05, 0) is 0 Å². The Morgan fingerprint density at radius 1 is 1.83 bits per heavy atom. The van der Waals surface area contributed by atoms with E-state index in [4.69, 9.17) is 0 Å². The maximum Gasteiger partial charge on any atom is 0.0336 e. The van der Waals surface area contributed by atoms with Crippen molar-refractivity contribution in [2.75, 3.05) is 13.6 Å². The van der Waals surface area contributed by atoms with Crippen LogP contribution in [0.1, 0.15) is 6.92 Å². The molecular formula is C3H9IN2. The lowest BCUT2D eigenvalue weighted by Crippen LogP contribution is -2.24. The van der Waals surface area contributed by atoms with Crippen LogP contribution in [0.4, 0.5) is 0 Å². The van der Waals surface area contributed by atoms with Gasteiger partial charge in [-0.25, -0.2) is 5.01 Å². The van der Waals surface area contributed by atoms with Crippen molar-refractivity contribution < 1.29 is 0 Å². The van der Waals surface area contributed by atoms with Gasteiger partial charge in [0.2, 0.25) is 0 Å². The number of nitrogens with one attached hydrogen (secondary N) is 1. The summed E-state index contributed by atoms with van der Waals surface area (Å²) >= 11 is 2.09. The minimum atomic E-state index is 1.04. The van der Waals surface area contributed by atoms with E-state index in [1.807, 2.05) is 12.1 Å². The zero-order valence-corrected chi connectivity index (χ0v) is 6.19. The first kappa shape index (κ1) is 6.65. The molecule has 0 saturated carbocycles. The Balaban J connectivity index is 2.75. The van der Waals surface area contributed by atoms with Crippen molar-refractivity contribution in [3.05, 3.63) is 0 Å². The maximum absolute atomic E-state index is 2.92. The van der Waals surface area contributed by atoms with Gasteiger partial charge in [0.05, 0.1) is 0 Å². The Hall–Kier alpha value is 0.650. The number of hydrogen-bond donors (Lipinski definition) is 1. The molecule has 0 radical (unpaired) electrons. The summed E-state index contributed by atoms with van der Waals surface area (Å²) in [5.74, 6) is 0. The summed E-state index contributed by atoms with van der Waals surface area (Å²) in [5, 5.41) is 1.99. The summed E-state index contributed by atoms with van der Waals surface area (Å²) < 4.78 is 2.92. The average Bonchev–Trinajstić information content (AvgIpc) is 1.65. The molecule has 0 bridgehead atoms. The number of hydrogen-bond acceptors (Lipinski definition) is 2. The highest BCUT2D eigenvalue weighted by molar-refractivity contribution is 14.1. The zero-order valence-electron chi connectivity index (χ0n) is 4.03. The molecule has 0 amide bonds. The topological polar surface area (TPSA) is 15.3 Å². The van der Waals surface area contributed by atoms with Gasteiger partial charge in [-0.3, -0.25) is 0 Å². The van der Waals surface area contributed by atoms with Crippen molar-refractivity contribution in [2.24, 2.45) is 0 Å². The average molecular weight is 200 g/mol. The van der Waals surface area contributed by atoms with Gasteiger partial charge in [0.1, 0.15) is 0 Å². The fourth-order valence-corrected chi connectivity index (χ4v) is 0.401. The predicted octanol–water partition coefficient (Wildman–Crippen LogP) is 0.793. The smallest absolute Gasteiger partial charge is 0.0336 e. The summed E-state index contributed by atoms with van der Waals surface area (Å²) in [4.78, 5) is 0. The Morgan fingerprint density at radius 3 is 2.33 bits per heavy atom. The second kappa shape index (κ2) is 3.83. The molecule has 0 unspecified atom stereocenters. The molecule has 0 saturated heterocycles. The van der Waals surface area contributed by atoms with E-state index in [2.05, 4.69) is 33.4 Å². The van der Waals surface area contributed by atoms with E-state index in [9.17, 15) is 0 Å². The monoisotopic (exact) mass is 200 g/mol. The van der Waals surface area contributed by atoms with E-state index in [1.54, 1.807) is 0 Å². The fourth-order valence-electron chi connectivity index (χ4n) is 0.0598. The van der Waals surface area contributed by atoms with E-state index in [1.165, 1.54) is 0 Å². The quantitative estimate of drug-likeness (QED) is 0.402. The predicted molar refractivity (Wildman–Crippen MR) is 35.5 cm³/mol. The van der Waals surface area contributed by atoms with Gasteiger partial charge in [0.25, 0.3) is 0 Å². The van der Waals surface area contributed by atoms with Crippen LogP contribution in [-0.2, 0) is 0 Å². The molecule has 0 heterocycles. The highest BCUT2D eigenvalue weighted by Gasteiger charge is 1.81. The first-order valence-electron chi connectivity index (χ1n) is 1.88. The Kier molecular flexibility index (Phi) is 4.24. The van der Waals surface area contributed by atoms with Gasteiger partial charge < -0.3 is 0 Å². The molecule has 0 aromatic carbocycles. The van der Waals surface area contributed by atoms with Crippen molar-refractivity contribution >= 4 is 22.9 Å².